The van der Waals surface area contributed by atoms with E-state index in [9.17, 15) is 4.79 Å². The summed E-state index contributed by atoms with van der Waals surface area (Å²) < 4.78 is 5.18. The van der Waals surface area contributed by atoms with E-state index in [1.165, 1.54) is 25.7 Å². The maximum Gasteiger partial charge on any atom is 0.323 e. The summed E-state index contributed by atoms with van der Waals surface area (Å²) in [5.41, 5.74) is 0. The zero-order valence-electron chi connectivity index (χ0n) is 14.5. The van der Waals surface area contributed by atoms with Gasteiger partial charge in [0.2, 0.25) is 0 Å². The van der Waals surface area contributed by atoms with Crippen LogP contribution in [0, 0.1) is 5.92 Å². The van der Waals surface area contributed by atoms with Gasteiger partial charge in [-0.2, -0.15) is 0 Å². The zero-order valence-corrected chi connectivity index (χ0v) is 14.5. The Bertz CT molecular complexity index is 307. The summed E-state index contributed by atoms with van der Waals surface area (Å²) in [6.45, 7) is 9.75. The highest BCUT2D eigenvalue weighted by Gasteiger charge is 2.27. The van der Waals surface area contributed by atoms with Crippen LogP contribution in [-0.2, 0) is 9.53 Å². The molecule has 0 aromatic rings. The van der Waals surface area contributed by atoms with Crippen molar-refractivity contribution in [2.24, 2.45) is 5.92 Å². The lowest BCUT2D eigenvalue weighted by Gasteiger charge is -2.37. The Kier molecular flexibility index (Phi) is 8.27. The summed E-state index contributed by atoms with van der Waals surface area (Å²) in [6.07, 6.45) is 6.15. The summed E-state index contributed by atoms with van der Waals surface area (Å²) in [5.74, 6) is 0.652. The molecule has 4 heteroatoms. The Hall–Kier alpha value is -0.610. The molecule has 0 radical (unpaired) electrons. The van der Waals surface area contributed by atoms with Gasteiger partial charge in [-0.15, -0.1) is 0 Å². The maximum atomic E-state index is 12.0. The van der Waals surface area contributed by atoms with Crippen LogP contribution < -0.4 is 5.32 Å². The molecule has 0 aromatic heterocycles. The molecule has 21 heavy (non-hydrogen) atoms. The van der Waals surface area contributed by atoms with Gasteiger partial charge in [-0.3, -0.25) is 4.79 Å². The highest BCUT2D eigenvalue weighted by Crippen LogP contribution is 2.27. The van der Waals surface area contributed by atoms with Crippen LogP contribution in [0.3, 0.4) is 0 Å². The molecular weight excluding hydrogens is 264 g/mol. The first-order chi connectivity index (χ1) is 9.95. The van der Waals surface area contributed by atoms with Gasteiger partial charge in [-0.05, 0) is 39.2 Å². The number of hydrogen-bond donors (Lipinski definition) is 1. The largest absolute Gasteiger partial charge is 0.465 e. The minimum Gasteiger partial charge on any atom is -0.465 e. The van der Waals surface area contributed by atoms with Crippen LogP contribution in [0.15, 0.2) is 0 Å². The van der Waals surface area contributed by atoms with Crippen molar-refractivity contribution in [1.29, 1.82) is 0 Å². The third-order valence-electron chi connectivity index (χ3n) is 4.51. The Labute approximate surface area is 130 Å². The highest BCUT2D eigenvalue weighted by atomic mass is 16.5. The number of nitrogens with zero attached hydrogens (tertiary/aromatic N) is 1. The molecule has 0 spiro atoms. The van der Waals surface area contributed by atoms with Gasteiger partial charge in [-0.1, -0.05) is 33.6 Å². The van der Waals surface area contributed by atoms with Crippen LogP contribution in [0.5, 0.6) is 0 Å². The molecule has 1 saturated carbocycles. The smallest absolute Gasteiger partial charge is 0.323 e. The second kappa shape index (κ2) is 9.42. The molecular formula is C17H34N2O2. The lowest BCUT2D eigenvalue weighted by Crippen LogP contribution is -2.46. The van der Waals surface area contributed by atoms with E-state index in [2.05, 4.69) is 38.0 Å². The molecule has 0 aliphatic heterocycles. The number of nitrogens with one attached hydrogen (secondary N) is 1. The van der Waals surface area contributed by atoms with Crippen molar-refractivity contribution in [3.63, 3.8) is 0 Å². The lowest BCUT2D eigenvalue weighted by molar-refractivity contribution is -0.146. The number of esters is 1. The molecule has 124 valence electrons. The van der Waals surface area contributed by atoms with Crippen molar-refractivity contribution >= 4 is 5.97 Å². The summed E-state index contributed by atoms with van der Waals surface area (Å²) in [5, 5.41) is 3.33. The quantitative estimate of drug-likeness (QED) is 0.700. The van der Waals surface area contributed by atoms with Crippen LogP contribution in [0.2, 0.25) is 0 Å². The van der Waals surface area contributed by atoms with E-state index in [-0.39, 0.29) is 12.0 Å². The van der Waals surface area contributed by atoms with Gasteiger partial charge in [0.25, 0.3) is 0 Å². The predicted molar refractivity (Wildman–Crippen MR) is 87.4 cm³/mol. The molecule has 3 unspecified atom stereocenters. The first-order valence-corrected chi connectivity index (χ1v) is 8.58. The summed E-state index contributed by atoms with van der Waals surface area (Å²) in [7, 11) is 2.20. The van der Waals surface area contributed by atoms with Crippen molar-refractivity contribution in [3.05, 3.63) is 0 Å². The monoisotopic (exact) mass is 298 g/mol. The molecule has 0 amide bonds. The summed E-state index contributed by atoms with van der Waals surface area (Å²) in [6, 6.07) is 0.769. The SMILES string of the molecule is CCOC(=O)C(CCN(C)C1CCCCC1C)NC(C)C. The summed E-state index contributed by atoms with van der Waals surface area (Å²) >= 11 is 0. The molecule has 0 heterocycles. The first-order valence-electron chi connectivity index (χ1n) is 8.58. The fourth-order valence-corrected chi connectivity index (χ4v) is 3.36. The second-order valence-electron chi connectivity index (χ2n) is 6.72. The molecule has 1 fully saturated rings. The lowest BCUT2D eigenvalue weighted by atomic mass is 9.85. The van der Waals surface area contributed by atoms with Crippen LogP contribution >= 0.6 is 0 Å². The second-order valence-corrected chi connectivity index (χ2v) is 6.72. The number of rotatable bonds is 8. The van der Waals surface area contributed by atoms with E-state index in [0.29, 0.717) is 18.7 Å². The Morgan fingerprint density at radius 3 is 2.57 bits per heavy atom. The summed E-state index contributed by atoms with van der Waals surface area (Å²) in [4.78, 5) is 14.5. The Balaban J connectivity index is 2.48. The minimum absolute atomic E-state index is 0.115. The Morgan fingerprint density at radius 1 is 1.33 bits per heavy atom. The molecule has 4 nitrogen and oxygen atoms in total. The number of carbonyl (C=O) groups excluding carboxylic acids is 1. The average Bonchev–Trinajstić information content (AvgIpc) is 2.43. The van der Waals surface area contributed by atoms with Crippen molar-refractivity contribution in [3.8, 4) is 0 Å². The van der Waals surface area contributed by atoms with Crippen molar-refractivity contribution in [1.82, 2.24) is 10.2 Å². The van der Waals surface area contributed by atoms with Crippen molar-refractivity contribution in [2.45, 2.75) is 77.9 Å². The fourth-order valence-electron chi connectivity index (χ4n) is 3.36. The first kappa shape index (κ1) is 18.4. The number of carbonyl (C=O) groups is 1. The van der Waals surface area contributed by atoms with E-state index >= 15 is 0 Å². The van der Waals surface area contributed by atoms with Gasteiger partial charge in [0, 0.05) is 18.6 Å². The van der Waals surface area contributed by atoms with Gasteiger partial charge in [-0.25, -0.2) is 0 Å². The maximum absolute atomic E-state index is 12.0. The molecule has 1 N–H and O–H groups in total. The minimum atomic E-state index is -0.189. The van der Waals surface area contributed by atoms with Crippen LogP contribution in [-0.4, -0.2) is 49.2 Å². The van der Waals surface area contributed by atoms with Crippen molar-refractivity contribution < 1.29 is 9.53 Å². The zero-order chi connectivity index (χ0) is 15.8. The normalized spacial score (nSPS) is 24.3. The van der Waals surface area contributed by atoms with Gasteiger partial charge in [0.1, 0.15) is 6.04 Å². The molecule has 1 rings (SSSR count). The van der Waals surface area contributed by atoms with Crippen LogP contribution in [0.25, 0.3) is 0 Å². The van der Waals surface area contributed by atoms with E-state index in [0.717, 1.165) is 18.9 Å². The standard InChI is InChI=1S/C17H34N2O2/c1-6-21-17(20)15(18-13(2)3)11-12-19(5)16-10-8-7-9-14(16)4/h13-16,18H,6-12H2,1-5H3. The molecule has 0 aromatic carbocycles. The molecule has 0 saturated heterocycles. The van der Waals surface area contributed by atoms with Gasteiger partial charge in [0.15, 0.2) is 0 Å². The van der Waals surface area contributed by atoms with E-state index in [1.54, 1.807) is 0 Å². The molecule has 1 aliphatic carbocycles. The number of ether oxygens (including phenoxy) is 1. The predicted octanol–water partition coefficient (Wildman–Crippen LogP) is 2.82. The van der Waals surface area contributed by atoms with E-state index in [4.69, 9.17) is 4.74 Å². The third kappa shape index (κ3) is 6.35. The van der Waals surface area contributed by atoms with Crippen LogP contribution in [0.4, 0.5) is 0 Å². The fraction of sp³-hybridized carbons (Fsp3) is 0.941. The number of hydrogen-bond acceptors (Lipinski definition) is 4. The Morgan fingerprint density at radius 2 is 2.00 bits per heavy atom. The van der Waals surface area contributed by atoms with Gasteiger partial charge < -0.3 is 15.0 Å². The van der Waals surface area contributed by atoms with E-state index in [1.807, 2.05) is 6.92 Å². The van der Waals surface area contributed by atoms with Gasteiger partial charge >= 0.3 is 5.97 Å². The molecule has 0 bridgehead atoms. The van der Waals surface area contributed by atoms with Crippen molar-refractivity contribution in [2.75, 3.05) is 20.2 Å². The topological polar surface area (TPSA) is 41.6 Å². The van der Waals surface area contributed by atoms with Crippen LogP contribution in [0.1, 0.15) is 59.8 Å². The van der Waals surface area contributed by atoms with Gasteiger partial charge in [0.05, 0.1) is 6.61 Å². The highest BCUT2D eigenvalue weighted by molar-refractivity contribution is 5.75. The average molecular weight is 298 g/mol. The third-order valence-corrected chi connectivity index (χ3v) is 4.51. The molecule has 1 aliphatic rings. The van der Waals surface area contributed by atoms with E-state index < -0.39 is 0 Å². The molecule has 3 atom stereocenters.